The third kappa shape index (κ3) is 3.73. The van der Waals surface area contributed by atoms with Gasteiger partial charge in [-0.05, 0) is 23.0 Å². The van der Waals surface area contributed by atoms with Crippen LogP contribution in [0.3, 0.4) is 0 Å². The lowest BCUT2D eigenvalue weighted by atomic mass is 9.94. The molecule has 3 nitrogen and oxygen atoms in total. The highest BCUT2D eigenvalue weighted by Gasteiger charge is 2.18. The largest absolute Gasteiger partial charge is 0.382 e. The molecule has 1 radical (unpaired) electrons. The Balaban J connectivity index is 3.39. The number of hydrogen-bond donors (Lipinski definition) is 0. The lowest BCUT2D eigenvalue weighted by Crippen LogP contribution is -2.09. The molecule has 0 spiro atoms. The Morgan fingerprint density at radius 1 is 1.06 bits per heavy atom. The second-order valence-corrected chi connectivity index (χ2v) is 6.00. The highest BCUT2D eigenvalue weighted by atomic mass is 32.2. The summed E-state index contributed by atoms with van der Waals surface area (Å²) in [6.07, 6.45) is 3.02. The van der Waals surface area contributed by atoms with Crippen LogP contribution in [0.25, 0.3) is 0 Å². The number of para-hydroxylation sites is 1. The topological polar surface area (TPSA) is 43.4 Å². The summed E-state index contributed by atoms with van der Waals surface area (Å²) in [5.41, 5.74) is 1.78. The van der Waals surface area contributed by atoms with E-state index in [-0.39, 0.29) is 11.8 Å². The molecule has 0 atom stereocenters. The fraction of sp³-hybridized carbons (Fsp3) is 0.462. The molecule has 4 heteroatoms. The first kappa shape index (κ1) is 14.0. The second kappa shape index (κ2) is 5.08. The number of rotatable bonds is 4. The van der Waals surface area contributed by atoms with Gasteiger partial charge in [-0.25, -0.2) is 0 Å². The van der Waals surface area contributed by atoms with Crippen LogP contribution in [0.5, 0.6) is 5.75 Å². The van der Waals surface area contributed by atoms with Crippen molar-refractivity contribution in [3.05, 3.63) is 35.6 Å². The molecule has 0 heterocycles. The lowest BCUT2D eigenvalue weighted by Gasteiger charge is -2.18. The van der Waals surface area contributed by atoms with Crippen LogP contribution in [0.2, 0.25) is 0 Å². The standard InChI is InChI=1S/C13H19O3S/c1-9(2)11-7-6-8-12(10(3)4)13(11)16-17(5,14)15/h6-10H,5H2,1-4H3. The van der Waals surface area contributed by atoms with Gasteiger partial charge in [0.15, 0.2) is 0 Å². The molecule has 0 amide bonds. The van der Waals surface area contributed by atoms with Crippen LogP contribution in [-0.2, 0) is 10.1 Å². The molecule has 0 saturated carbocycles. The van der Waals surface area contributed by atoms with E-state index in [0.717, 1.165) is 11.1 Å². The van der Waals surface area contributed by atoms with E-state index in [0.29, 0.717) is 5.75 Å². The fourth-order valence-corrected chi connectivity index (χ4v) is 2.15. The molecule has 0 aliphatic carbocycles. The van der Waals surface area contributed by atoms with E-state index in [9.17, 15) is 8.42 Å². The Morgan fingerprint density at radius 2 is 1.47 bits per heavy atom. The van der Waals surface area contributed by atoms with Crippen molar-refractivity contribution >= 4 is 10.1 Å². The van der Waals surface area contributed by atoms with Gasteiger partial charge in [-0.1, -0.05) is 45.9 Å². The molecule has 0 saturated heterocycles. The van der Waals surface area contributed by atoms with Gasteiger partial charge >= 0.3 is 10.1 Å². The van der Waals surface area contributed by atoms with Gasteiger partial charge in [0.2, 0.25) is 0 Å². The first-order valence-corrected chi connectivity index (χ1v) is 7.20. The normalized spacial score (nSPS) is 12.2. The molecule has 0 unspecified atom stereocenters. The van der Waals surface area contributed by atoms with Crippen LogP contribution in [-0.4, -0.2) is 8.42 Å². The van der Waals surface area contributed by atoms with Gasteiger partial charge in [-0.15, -0.1) is 0 Å². The van der Waals surface area contributed by atoms with E-state index >= 15 is 0 Å². The molecular weight excluding hydrogens is 236 g/mol. The van der Waals surface area contributed by atoms with Crippen molar-refractivity contribution in [3.63, 3.8) is 0 Å². The summed E-state index contributed by atoms with van der Waals surface area (Å²) in [6.45, 7) is 8.01. The van der Waals surface area contributed by atoms with Gasteiger partial charge in [0.1, 0.15) is 12.0 Å². The Morgan fingerprint density at radius 3 is 1.76 bits per heavy atom. The Kier molecular flexibility index (Phi) is 4.20. The summed E-state index contributed by atoms with van der Waals surface area (Å²) in [6, 6.07) is 5.70. The van der Waals surface area contributed by atoms with Crippen LogP contribution >= 0.6 is 0 Å². The van der Waals surface area contributed by atoms with Crippen molar-refractivity contribution in [1.82, 2.24) is 0 Å². The smallest absolute Gasteiger partial charge is 0.310 e. The van der Waals surface area contributed by atoms with Crippen molar-refractivity contribution in [2.75, 3.05) is 0 Å². The predicted octanol–water partition coefficient (Wildman–Crippen LogP) is 3.43. The van der Waals surface area contributed by atoms with Gasteiger partial charge in [0.05, 0.1) is 0 Å². The highest BCUT2D eigenvalue weighted by molar-refractivity contribution is 7.88. The molecule has 0 aliphatic rings. The van der Waals surface area contributed by atoms with Gasteiger partial charge in [-0.2, -0.15) is 8.42 Å². The van der Waals surface area contributed by atoms with Crippen LogP contribution in [0.15, 0.2) is 18.2 Å². The average molecular weight is 255 g/mol. The SMILES string of the molecule is [CH2]S(=O)(=O)Oc1c(C(C)C)cccc1C(C)C. The molecule has 95 valence electrons. The summed E-state index contributed by atoms with van der Waals surface area (Å²) in [5.74, 6) is 0.836. The van der Waals surface area contributed by atoms with E-state index < -0.39 is 10.1 Å². The Hall–Kier alpha value is -1.03. The van der Waals surface area contributed by atoms with Crippen LogP contribution in [0.1, 0.15) is 50.7 Å². The summed E-state index contributed by atoms with van der Waals surface area (Å²) in [4.78, 5) is 0. The van der Waals surface area contributed by atoms with Crippen LogP contribution in [0.4, 0.5) is 0 Å². The fourth-order valence-electron chi connectivity index (χ4n) is 1.71. The van der Waals surface area contributed by atoms with E-state index in [1.54, 1.807) is 0 Å². The summed E-state index contributed by atoms with van der Waals surface area (Å²) < 4.78 is 27.5. The van der Waals surface area contributed by atoms with Crippen LogP contribution in [0, 0.1) is 6.26 Å². The maximum absolute atomic E-state index is 11.2. The Bertz CT molecular complexity index is 461. The minimum Gasteiger partial charge on any atom is -0.382 e. The molecular formula is C13H19O3S. The van der Waals surface area contributed by atoms with E-state index in [1.807, 2.05) is 45.9 Å². The molecule has 0 aliphatic heterocycles. The maximum atomic E-state index is 11.2. The molecule has 17 heavy (non-hydrogen) atoms. The monoisotopic (exact) mass is 255 g/mol. The minimum atomic E-state index is -3.74. The quantitative estimate of drug-likeness (QED) is 0.774. The van der Waals surface area contributed by atoms with Gasteiger partial charge in [0, 0.05) is 0 Å². The van der Waals surface area contributed by atoms with Crippen molar-refractivity contribution in [1.29, 1.82) is 0 Å². The summed E-state index contributed by atoms with van der Waals surface area (Å²) in [5, 5.41) is 0. The third-order valence-electron chi connectivity index (χ3n) is 2.53. The van der Waals surface area contributed by atoms with Gasteiger partial charge in [-0.3, -0.25) is 0 Å². The average Bonchev–Trinajstić information content (AvgIpc) is 2.14. The number of benzene rings is 1. The molecule has 1 rings (SSSR count). The van der Waals surface area contributed by atoms with E-state index in [1.165, 1.54) is 0 Å². The zero-order chi connectivity index (χ0) is 13.2. The summed E-state index contributed by atoms with van der Waals surface area (Å²) in [7, 11) is -3.74. The van der Waals surface area contributed by atoms with Crippen molar-refractivity contribution < 1.29 is 12.6 Å². The lowest BCUT2D eigenvalue weighted by molar-refractivity contribution is 0.485. The predicted molar refractivity (Wildman–Crippen MR) is 69.5 cm³/mol. The molecule has 1 aromatic rings. The van der Waals surface area contributed by atoms with E-state index in [2.05, 4.69) is 6.26 Å². The molecule has 0 N–H and O–H groups in total. The molecule has 0 fully saturated rings. The molecule has 0 bridgehead atoms. The van der Waals surface area contributed by atoms with Crippen LogP contribution < -0.4 is 4.18 Å². The summed E-state index contributed by atoms with van der Waals surface area (Å²) >= 11 is 0. The van der Waals surface area contributed by atoms with Crippen molar-refractivity contribution in [2.24, 2.45) is 0 Å². The molecule has 0 aromatic heterocycles. The first-order chi connectivity index (χ1) is 7.72. The van der Waals surface area contributed by atoms with Crippen molar-refractivity contribution in [3.8, 4) is 5.75 Å². The van der Waals surface area contributed by atoms with Gasteiger partial charge in [0.25, 0.3) is 0 Å². The zero-order valence-electron chi connectivity index (χ0n) is 10.7. The zero-order valence-corrected chi connectivity index (χ0v) is 11.5. The first-order valence-electron chi connectivity index (χ1n) is 5.62. The molecule has 1 aromatic carbocycles. The Labute approximate surface area is 104 Å². The van der Waals surface area contributed by atoms with E-state index in [4.69, 9.17) is 4.18 Å². The highest BCUT2D eigenvalue weighted by Crippen LogP contribution is 2.35. The van der Waals surface area contributed by atoms with Gasteiger partial charge < -0.3 is 4.18 Å². The second-order valence-electron chi connectivity index (χ2n) is 4.72. The minimum absolute atomic E-state index is 0.199. The third-order valence-corrected chi connectivity index (χ3v) is 2.95. The number of hydrogen-bond acceptors (Lipinski definition) is 3. The maximum Gasteiger partial charge on any atom is 0.310 e. The van der Waals surface area contributed by atoms with Crippen molar-refractivity contribution in [2.45, 2.75) is 39.5 Å².